The summed E-state index contributed by atoms with van der Waals surface area (Å²) in [7, 11) is 0. The molecule has 1 aliphatic rings. The highest BCUT2D eigenvalue weighted by molar-refractivity contribution is 5.40. The molecule has 0 spiro atoms. The number of nitrogens with zero attached hydrogens (tertiary/aromatic N) is 2. The number of hydrogen-bond acceptors (Lipinski definition) is 4. The van der Waals surface area contributed by atoms with Gasteiger partial charge in [0, 0.05) is 12.2 Å². The third-order valence-electron chi connectivity index (χ3n) is 3.36. The molecule has 96 valence electrons. The van der Waals surface area contributed by atoms with E-state index in [9.17, 15) is 0 Å². The lowest BCUT2D eigenvalue weighted by molar-refractivity contribution is 0.0730. The molecule has 2 N–H and O–H groups in total. The van der Waals surface area contributed by atoms with E-state index in [4.69, 9.17) is 15.7 Å². The van der Waals surface area contributed by atoms with Crippen LogP contribution in [-0.2, 0) is 0 Å². The lowest BCUT2D eigenvalue weighted by Gasteiger charge is -2.38. The third-order valence-corrected chi connectivity index (χ3v) is 3.36. The Morgan fingerprint density at radius 1 is 1.50 bits per heavy atom. The molecule has 4 nitrogen and oxygen atoms in total. The molecule has 1 aliphatic carbocycles. The lowest BCUT2D eigenvalue weighted by Crippen LogP contribution is -2.41. The molecule has 1 saturated carbocycles. The van der Waals surface area contributed by atoms with Crippen molar-refractivity contribution < 1.29 is 4.74 Å². The number of hydrogen-bond donors (Lipinski definition) is 1. The van der Waals surface area contributed by atoms with Gasteiger partial charge < -0.3 is 10.5 Å². The van der Waals surface area contributed by atoms with Crippen molar-refractivity contribution in [2.45, 2.75) is 45.3 Å². The highest BCUT2D eigenvalue weighted by Gasteiger charge is 2.33. The van der Waals surface area contributed by atoms with Crippen LogP contribution in [-0.4, -0.2) is 17.1 Å². The van der Waals surface area contributed by atoms with Gasteiger partial charge in [0.1, 0.15) is 12.2 Å². The van der Waals surface area contributed by atoms with Gasteiger partial charge in [0.05, 0.1) is 11.8 Å². The van der Waals surface area contributed by atoms with Crippen LogP contribution in [0.25, 0.3) is 0 Å². The molecule has 1 aromatic rings. The van der Waals surface area contributed by atoms with Crippen molar-refractivity contribution >= 4 is 0 Å². The molecule has 1 heterocycles. The predicted octanol–water partition coefficient (Wildman–Crippen LogP) is 2.24. The Balaban J connectivity index is 2.12. The quantitative estimate of drug-likeness (QED) is 0.867. The van der Waals surface area contributed by atoms with Crippen molar-refractivity contribution in [3.8, 4) is 11.8 Å². The zero-order valence-corrected chi connectivity index (χ0v) is 10.9. The molecule has 0 saturated heterocycles. The van der Waals surface area contributed by atoms with Gasteiger partial charge in [-0.25, -0.2) is 0 Å². The highest BCUT2D eigenvalue weighted by Crippen LogP contribution is 2.36. The van der Waals surface area contributed by atoms with E-state index in [1.807, 2.05) is 0 Å². The summed E-state index contributed by atoms with van der Waals surface area (Å²) < 4.78 is 5.92. The summed E-state index contributed by atoms with van der Waals surface area (Å²) >= 11 is 0. The van der Waals surface area contributed by atoms with Gasteiger partial charge in [-0.2, -0.15) is 5.26 Å². The second-order valence-electron chi connectivity index (χ2n) is 5.79. The van der Waals surface area contributed by atoms with Crippen LogP contribution in [0, 0.1) is 16.7 Å². The summed E-state index contributed by atoms with van der Waals surface area (Å²) in [5.74, 6) is 0.565. The van der Waals surface area contributed by atoms with Crippen molar-refractivity contribution in [3.05, 3.63) is 24.0 Å². The van der Waals surface area contributed by atoms with Crippen molar-refractivity contribution in [1.29, 1.82) is 5.26 Å². The normalized spacial score (nSPS) is 26.3. The van der Waals surface area contributed by atoms with Crippen LogP contribution in [0.4, 0.5) is 0 Å². The predicted molar refractivity (Wildman–Crippen MR) is 69.0 cm³/mol. The van der Waals surface area contributed by atoms with Crippen molar-refractivity contribution in [3.63, 3.8) is 0 Å². The second kappa shape index (κ2) is 4.95. The molecule has 0 radical (unpaired) electrons. The van der Waals surface area contributed by atoms with Crippen LogP contribution >= 0.6 is 0 Å². The average Bonchev–Trinajstić information content (AvgIpc) is 2.27. The first-order chi connectivity index (χ1) is 8.50. The molecular weight excluding hydrogens is 226 g/mol. The van der Waals surface area contributed by atoms with Gasteiger partial charge in [0.2, 0.25) is 0 Å². The smallest absolute Gasteiger partial charge is 0.155 e. The Morgan fingerprint density at radius 2 is 2.28 bits per heavy atom. The number of ether oxygens (including phenoxy) is 1. The molecule has 4 heteroatoms. The zero-order valence-electron chi connectivity index (χ0n) is 10.9. The van der Waals surface area contributed by atoms with Gasteiger partial charge >= 0.3 is 0 Å². The van der Waals surface area contributed by atoms with Crippen LogP contribution < -0.4 is 10.5 Å². The van der Waals surface area contributed by atoms with Crippen molar-refractivity contribution in [2.75, 3.05) is 0 Å². The van der Waals surface area contributed by atoms with E-state index in [2.05, 4.69) is 24.9 Å². The van der Waals surface area contributed by atoms with Crippen LogP contribution in [0.1, 0.15) is 38.7 Å². The van der Waals surface area contributed by atoms with Gasteiger partial charge in [0.15, 0.2) is 5.75 Å². The fraction of sp³-hybridized carbons (Fsp3) is 0.571. The van der Waals surface area contributed by atoms with E-state index in [1.54, 1.807) is 18.5 Å². The fourth-order valence-corrected chi connectivity index (χ4v) is 2.75. The number of rotatable bonds is 2. The SMILES string of the molecule is CC1(C)CC(N)CC(Oc2cnccc2C#N)C1. The van der Waals surface area contributed by atoms with Crippen LogP contribution in [0.2, 0.25) is 0 Å². The molecule has 18 heavy (non-hydrogen) atoms. The Morgan fingerprint density at radius 3 is 2.94 bits per heavy atom. The van der Waals surface area contributed by atoms with E-state index in [0.717, 1.165) is 19.3 Å². The Bertz CT molecular complexity index is 464. The minimum absolute atomic E-state index is 0.0695. The molecule has 0 amide bonds. The van der Waals surface area contributed by atoms with E-state index in [1.165, 1.54) is 0 Å². The van der Waals surface area contributed by atoms with Crippen molar-refractivity contribution in [2.24, 2.45) is 11.1 Å². The van der Waals surface area contributed by atoms with Crippen LogP contribution in [0.5, 0.6) is 5.75 Å². The number of pyridine rings is 1. The summed E-state index contributed by atoms with van der Waals surface area (Å²) in [6.07, 6.45) is 6.09. The number of nitrogens with two attached hydrogens (primary N) is 1. The highest BCUT2D eigenvalue weighted by atomic mass is 16.5. The number of aromatic nitrogens is 1. The van der Waals surface area contributed by atoms with Gasteiger partial charge in [0.25, 0.3) is 0 Å². The molecule has 1 fully saturated rings. The summed E-state index contributed by atoms with van der Waals surface area (Å²) in [6.45, 7) is 4.41. The number of nitriles is 1. The molecule has 0 aromatic carbocycles. The fourth-order valence-electron chi connectivity index (χ4n) is 2.75. The lowest BCUT2D eigenvalue weighted by atomic mass is 9.74. The summed E-state index contributed by atoms with van der Waals surface area (Å²) in [4.78, 5) is 4.01. The Hall–Kier alpha value is -1.60. The molecule has 2 unspecified atom stereocenters. The summed E-state index contributed by atoms with van der Waals surface area (Å²) in [5.41, 5.74) is 6.79. The molecule has 0 bridgehead atoms. The Labute approximate surface area is 108 Å². The minimum Gasteiger partial charge on any atom is -0.487 e. The van der Waals surface area contributed by atoms with Crippen LogP contribution in [0.3, 0.4) is 0 Å². The standard InChI is InChI=1S/C14H19N3O/c1-14(2)6-11(16)5-12(7-14)18-13-9-17-4-3-10(13)8-15/h3-4,9,11-12H,5-7,16H2,1-2H3. The van der Waals surface area contributed by atoms with E-state index in [-0.39, 0.29) is 17.6 Å². The first kappa shape index (κ1) is 12.8. The maximum atomic E-state index is 9.02. The van der Waals surface area contributed by atoms with Crippen molar-refractivity contribution in [1.82, 2.24) is 4.98 Å². The summed E-state index contributed by atoms with van der Waals surface area (Å²) in [5, 5.41) is 9.02. The van der Waals surface area contributed by atoms with Gasteiger partial charge in [-0.3, -0.25) is 4.98 Å². The van der Waals surface area contributed by atoms with Gasteiger partial charge in [-0.05, 0) is 30.7 Å². The minimum atomic E-state index is 0.0695. The maximum absolute atomic E-state index is 9.02. The van der Waals surface area contributed by atoms with E-state index in [0.29, 0.717) is 11.3 Å². The van der Waals surface area contributed by atoms with E-state index >= 15 is 0 Å². The topological polar surface area (TPSA) is 71.9 Å². The van der Waals surface area contributed by atoms with Crippen LogP contribution in [0.15, 0.2) is 18.5 Å². The second-order valence-corrected chi connectivity index (χ2v) is 5.79. The monoisotopic (exact) mass is 245 g/mol. The molecule has 2 atom stereocenters. The summed E-state index contributed by atoms with van der Waals surface area (Å²) in [6, 6.07) is 3.96. The molecule has 1 aromatic heterocycles. The van der Waals surface area contributed by atoms with E-state index < -0.39 is 0 Å². The first-order valence-electron chi connectivity index (χ1n) is 6.26. The molecular formula is C14H19N3O. The molecule has 0 aliphatic heterocycles. The average molecular weight is 245 g/mol. The molecule has 2 rings (SSSR count). The first-order valence-corrected chi connectivity index (χ1v) is 6.26. The van der Waals surface area contributed by atoms with Gasteiger partial charge in [-0.1, -0.05) is 13.8 Å². The Kier molecular flexibility index (Phi) is 3.53. The maximum Gasteiger partial charge on any atom is 0.155 e. The zero-order chi connectivity index (χ0) is 13.2. The third kappa shape index (κ3) is 2.99. The largest absolute Gasteiger partial charge is 0.487 e. The van der Waals surface area contributed by atoms with Gasteiger partial charge in [-0.15, -0.1) is 0 Å².